The Kier molecular flexibility index (Phi) is 2.43. The number of aromatic nitrogens is 3. The third kappa shape index (κ3) is 1.59. The molecule has 2 heterocycles. The molecule has 0 amide bonds. The lowest BCUT2D eigenvalue weighted by atomic mass is 10.2. The number of aliphatic hydroxyl groups excluding tert-OH is 1. The molecule has 2 aromatic rings. The first-order valence-corrected chi connectivity index (χ1v) is 4.43. The molecular formula is C9H12N4O. The van der Waals surface area contributed by atoms with E-state index in [4.69, 9.17) is 0 Å². The summed E-state index contributed by atoms with van der Waals surface area (Å²) in [6.45, 7) is 0.508. The van der Waals surface area contributed by atoms with Crippen LogP contribution in [-0.4, -0.2) is 33.3 Å². The highest BCUT2D eigenvalue weighted by Gasteiger charge is 2.07. The van der Waals surface area contributed by atoms with E-state index in [1.54, 1.807) is 30.2 Å². The van der Waals surface area contributed by atoms with Crippen molar-refractivity contribution in [2.75, 3.05) is 13.6 Å². The minimum Gasteiger partial charge on any atom is -0.387 e. The average Bonchev–Trinajstić information content (AvgIpc) is 2.64. The summed E-state index contributed by atoms with van der Waals surface area (Å²) in [4.78, 5) is 4.16. The van der Waals surface area contributed by atoms with Gasteiger partial charge in [0.1, 0.15) is 0 Å². The summed E-state index contributed by atoms with van der Waals surface area (Å²) < 4.78 is 1.65. The number of fused-ring (bicyclic) bond motifs is 1. The molecule has 0 bridgehead atoms. The molecule has 5 nitrogen and oxygen atoms in total. The van der Waals surface area contributed by atoms with Gasteiger partial charge < -0.3 is 10.4 Å². The second kappa shape index (κ2) is 3.73. The quantitative estimate of drug-likeness (QED) is 0.717. The van der Waals surface area contributed by atoms with Crippen LogP contribution in [0.15, 0.2) is 24.7 Å². The zero-order chi connectivity index (χ0) is 9.97. The molecule has 2 aromatic heterocycles. The lowest BCUT2D eigenvalue weighted by Crippen LogP contribution is -2.17. The van der Waals surface area contributed by atoms with Crippen molar-refractivity contribution in [3.8, 4) is 0 Å². The molecule has 0 fully saturated rings. The Morgan fingerprint density at radius 2 is 2.50 bits per heavy atom. The van der Waals surface area contributed by atoms with Crippen molar-refractivity contribution in [2.45, 2.75) is 6.10 Å². The SMILES string of the molecule is CNCC(O)c1cnc2ccnn2c1. The molecule has 0 saturated heterocycles. The predicted molar refractivity (Wildman–Crippen MR) is 51.9 cm³/mol. The van der Waals surface area contributed by atoms with Crippen LogP contribution >= 0.6 is 0 Å². The van der Waals surface area contributed by atoms with Crippen LogP contribution in [-0.2, 0) is 0 Å². The van der Waals surface area contributed by atoms with Gasteiger partial charge in [-0.15, -0.1) is 0 Å². The first-order chi connectivity index (χ1) is 6.81. The van der Waals surface area contributed by atoms with E-state index >= 15 is 0 Å². The van der Waals surface area contributed by atoms with Crippen LogP contribution in [0.2, 0.25) is 0 Å². The molecule has 74 valence electrons. The molecule has 0 aliphatic carbocycles. The molecule has 2 rings (SSSR count). The van der Waals surface area contributed by atoms with E-state index in [2.05, 4.69) is 15.4 Å². The van der Waals surface area contributed by atoms with Gasteiger partial charge in [-0.3, -0.25) is 0 Å². The molecule has 1 unspecified atom stereocenters. The Labute approximate surface area is 81.4 Å². The normalized spacial score (nSPS) is 13.3. The number of hydrogen-bond donors (Lipinski definition) is 2. The third-order valence-corrected chi connectivity index (χ3v) is 2.05. The highest BCUT2D eigenvalue weighted by molar-refractivity contribution is 5.36. The van der Waals surface area contributed by atoms with Gasteiger partial charge in [0.25, 0.3) is 0 Å². The molecular weight excluding hydrogens is 180 g/mol. The summed E-state index contributed by atoms with van der Waals surface area (Å²) in [7, 11) is 1.79. The van der Waals surface area contributed by atoms with Crippen LogP contribution in [0.3, 0.4) is 0 Å². The standard InChI is InChI=1S/C9H12N4O/c1-10-5-8(14)7-4-11-9-2-3-12-13(9)6-7/h2-4,6,8,10,14H,5H2,1H3. The molecule has 0 aliphatic rings. The molecule has 0 aromatic carbocycles. The number of likely N-dealkylation sites (N-methyl/N-ethyl adjacent to an activating group) is 1. The fourth-order valence-corrected chi connectivity index (χ4v) is 1.31. The molecule has 2 N–H and O–H groups in total. The summed E-state index contributed by atoms with van der Waals surface area (Å²) in [6.07, 6.45) is 4.58. The van der Waals surface area contributed by atoms with E-state index in [0.29, 0.717) is 6.54 Å². The van der Waals surface area contributed by atoms with E-state index < -0.39 is 6.10 Å². The van der Waals surface area contributed by atoms with E-state index in [9.17, 15) is 5.11 Å². The van der Waals surface area contributed by atoms with Gasteiger partial charge in [-0.25, -0.2) is 9.50 Å². The molecule has 5 heteroatoms. The van der Waals surface area contributed by atoms with Crippen molar-refractivity contribution >= 4 is 5.65 Å². The summed E-state index contributed by atoms with van der Waals surface area (Å²) in [5.41, 5.74) is 1.54. The Bertz CT molecular complexity index is 425. The minimum atomic E-state index is -0.541. The zero-order valence-electron chi connectivity index (χ0n) is 7.88. The molecule has 14 heavy (non-hydrogen) atoms. The number of rotatable bonds is 3. The van der Waals surface area contributed by atoms with Crippen molar-refractivity contribution in [2.24, 2.45) is 0 Å². The van der Waals surface area contributed by atoms with Crippen molar-refractivity contribution < 1.29 is 5.11 Å². The van der Waals surface area contributed by atoms with Crippen LogP contribution in [0.1, 0.15) is 11.7 Å². The van der Waals surface area contributed by atoms with E-state index in [1.165, 1.54) is 0 Å². The average molecular weight is 192 g/mol. The monoisotopic (exact) mass is 192 g/mol. The van der Waals surface area contributed by atoms with E-state index in [1.807, 2.05) is 6.07 Å². The van der Waals surface area contributed by atoms with Gasteiger partial charge >= 0.3 is 0 Å². The summed E-state index contributed by atoms with van der Waals surface area (Å²) in [5, 5.41) is 16.6. The van der Waals surface area contributed by atoms with Crippen LogP contribution in [0.25, 0.3) is 5.65 Å². The van der Waals surface area contributed by atoms with Crippen molar-refractivity contribution in [1.29, 1.82) is 0 Å². The van der Waals surface area contributed by atoms with Gasteiger partial charge in [-0.2, -0.15) is 5.10 Å². The zero-order valence-corrected chi connectivity index (χ0v) is 7.88. The maximum absolute atomic E-state index is 9.67. The largest absolute Gasteiger partial charge is 0.387 e. The highest BCUT2D eigenvalue weighted by atomic mass is 16.3. The number of hydrogen-bond acceptors (Lipinski definition) is 4. The van der Waals surface area contributed by atoms with Crippen molar-refractivity contribution in [1.82, 2.24) is 19.9 Å². The van der Waals surface area contributed by atoms with Crippen LogP contribution in [0, 0.1) is 0 Å². The third-order valence-electron chi connectivity index (χ3n) is 2.05. The van der Waals surface area contributed by atoms with Crippen molar-refractivity contribution in [3.05, 3.63) is 30.2 Å². The summed E-state index contributed by atoms with van der Waals surface area (Å²) >= 11 is 0. The molecule has 1 atom stereocenters. The van der Waals surface area contributed by atoms with E-state index in [-0.39, 0.29) is 0 Å². The molecule has 0 saturated carbocycles. The van der Waals surface area contributed by atoms with Gasteiger partial charge in [0.15, 0.2) is 5.65 Å². The molecule has 0 spiro atoms. The molecule has 0 radical (unpaired) electrons. The maximum atomic E-state index is 9.67. The predicted octanol–water partition coefficient (Wildman–Crippen LogP) is -0.0179. The van der Waals surface area contributed by atoms with Gasteiger partial charge in [0.05, 0.1) is 12.3 Å². The Morgan fingerprint density at radius 1 is 1.64 bits per heavy atom. The van der Waals surface area contributed by atoms with Crippen LogP contribution in [0.4, 0.5) is 0 Å². The summed E-state index contributed by atoms with van der Waals surface area (Å²) in [6, 6.07) is 1.81. The fraction of sp³-hybridized carbons (Fsp3) is 0.333. The lowest BCUT2D eigenvalue weighted by Gasteiger charge is -2.09. The minimum absolute atomic E-state index is 0.508. The van der Waals surface area contributed by atoms with Crippen LogP contribution in [0.5, 0.6) is 0 Å². The fourth-order valence-electron chi connectivity index (χ4n) is 1.31. The van der Waals surface area contributed by atoms with Gasteiger partial charge in [-0.1, -0.05) is 0 Å². The van der Waals surface area contributed by atoms with Gasteiger partial charge in [-0.05, 0) is 7.05 Å². The second-order valence-corrected chi connectivity index (χ2v) is 3.09. The highest BCUT2D eigenvalue weighted by Crippen LogP contribution is 2.10. The first kappa shape index (κ1) is 9.11. The number of aliphatic hydroxyl groups is 1. The van der Waals surface area contributed by atoms with E-state index in [0.717, 1.165) is 11.2 Å². The Hall–Kier alpha value is -1.46. The summed E-state index contributed by atoms with van der Waals surface area (Å²) in [5.74, 6) is 0. The lowest BCUT2D eigenvalue weighted by molar-refractivity contribution is 0.177. The number of nitrogens with zero attached hydrogens (tertiary/aromatic N) is 3. The first-order valence-electron chi connectivity index (χ1n) is 4.43. The van der Waals surface area contributed by atoms with Gasteiger partial charge in [0, 0.05) is 30.6 Å². The maximum Gasteiger partial charge on any atom is 0.154 e. The molecule has 0 aliphatic heterocycles. The smallest absolute Gasteiger partial charge is 0.154 e. The second-order valence-electron chi connectivity index (χ2n) is 3.09. The Morgan fingerprint density at radius 3 is 3.29 bits per heavy atom. The Balaban J connectivity index is 2.33. The van der Waals surface area contributed by atoms with Crippen LogP contribution < -0.4 is 5.32 Å². The topological polar surface area (TPSA) is 62.5 Å². The van der Waals surface area contributed by atoms with Crippen molar-refractivity contribution in [3.63, 3.8) is 0 Å². The number of nitrogens with one attached hydrogen (secondary N) is 1. The van der Waals surface area contributed by atoms with Gasteiger partial charge in [0.2, 0.25) is 0 Å².